The maximum Gasteiger partial charge on any atom is 0.250 e. The zero-order valence-corrected chi connectivity index (χ0v) is 14.5. The number of carbonyl (C=O) groups excluding carboxylic acids is 1. The zero-order valence-electron chi connectivity index (χ0n) is 13.7. The van der Waals surface area contributed by atoms with Gasteiger partial charge in [-0.05, 0) is 35.9 Å². The SMILES string of the molecule is O=C(NCc1ccc(-n2ccnc2)nc1)C1=Cc2cc(Cl)ccc2OC1. The molecule has 0 spiro atoms. The van der Waals surface area contributed by atoms with Gasteiger partial charge in [-0.2, -0.15) is 0 Å². The summed E-state index contributed by atoms with van der Waals surface area (Å²) in [5.41, 5.74) is 2.27. The number of aromatic nitrogens is 3. The van der Waals surface area contributed by atoms with Crippen LogP contribution >= 0.6 is 11.6 Å². The predicted octanol–water partition coefficient (Wildman–Crippen LogP) is 3.01. The molecule has 0 saturated heterocycles. The van der Waals surface area contributed by atoms with Crippen LogP contribution in [-0.4, -0.2) is 27.0 Å². The van der Waals surface area contributed by atoms with Gasteiger partial charge in [-0.3, -0.25) is 9.36 Å². The number of nitrogens with zero attached hydrogens (tertiary/aromatic N) is 3. The van der Waals surface area contributed by atoms with E-state index in [4.69, 9.17) is 16.3 Å². The molecule has 1 N–H and O–H groups in total. The first-order valence-corrected chi connectivity index (χ1v) is 8.41. The molecule has 1 amide bonds. The quantitative estimate of drug-likeness (QED) is 0.770. The Balaban J connectivity index is 1.41. The molecule has 0 atom stereocenters. The summed E-state index contributed by atoms with van der Waals surface area (Å²) >= 11 is 6.00. The van der Waals surface area contributed by atoms with Gasteiger partial charge in [-0.25, -0.2) is 9.97 Å². The minimum Gasteiger partial charge on any atom is -0.488 e. The largest absolute Gasteiger partial charge is 0.488 e. The third kappa shape index (κ3) is 3.45. The van der Waals surface area contributed by atoms with Crippen LogP contribution in [-0.2, 0) is 11.3 Å². The monoisotopic (exact) mass is 366 g/mol. The highest BCUT2D eigenvalue weighted by Crippen LogP contribution is 2.28. The Bertz CT molecular complexity index is 966. The molecular weight excluding hydrogens is 352 g/mol. The molecule has 0 fully saturated rings. The number of halogens is 1. The van der Waals surface area contributed by atoms with Crippen LogP contribution in [0.5, 0.6) is 5.75 Å². The number of pyridine rings is 1. The standard InChI is InChI=1S/C19H15ClN4O2/c20-16-2-3-17-14(8-16)7-15(11-26-17)19(25)23-10-13-1-4-18(22-9-13)24-6-5-21-12-24/h1-9,12H,10-11H2,(H,23,25). The fraction of sp³-hybridized carbons (Fsp3) is 0.105. The van der Waals surface area contributed by atoms with Crippen molar-refractivity contribution in [2.24, 2.45) is 0 Å². The van der Waals surface area contributed by atoms with Gasteiger partial charge in [-0.1, -0.05) is 17.7 Å². The van der Waals surface area contributed by atoms with Crippen molar-refractivity contribution < 1.29 is 9.53 Å². The number of benzene rings is 1. The number of nitrogens with one attached hydrogen (secondary N) is 1. The lowest BCUT2D eigenvalue weighted by Gasteiger charge is -2.17. The molecular formula is C19H15ClN4O2. The van der Waals surface area contributed by atoms with Gasteiger partial charge in [0.1, 0.15) is 24.5 Å². The molecule has 6 nitrogen and oxygen atoms in total. The van der Waals surface area contributed by atoms with Gasteiger partial charge in [0.15, 0.2) is 0 Å². The number of imidazole rings is 1. The van der Waals surface area contributed by atoms with Crippen molar-refractivity contribution in [3.8, 4) is 11.6 Å². The number of rotatable bonds is 4. The van der Waals surface area contributed by atoms with E-state index in [1.807, 2.05) is 22.9 Å². The minimum absolute atomic E-state index is 0.172. The lowest BCUT2D eigenvalue weighted by molar-refractivity contribution is -0.117. The number of amides is 1. The Kier molecular flexibility index (Phi) is 4.41. The first-order valence-electron chi connectivity index (χ1n) is 8.03. The Morgan fingerprint density at radius 3 is 3.00 bits per heavy atom. The second-order valence-electron chi connectivity index (χ2n) is 5.82. The van der Waals surface area contributed by atoms with Crippen LogP contribution in [0.15, 0.2) is 60.8 Å². The maximum atomic E-state index is 12.4. The van der Waals surface area contributed by atoms with E-state index in [0.29, 0.717) is 17.1 Å². The maximum absolute atomic E-state index is 12.4. The average molecular weight is 367 g/mol. The Morgan fingerprint density at radius 2 is 2.23 bits per heavy atom. The van der Waals surface area contributed by atoms with Crippen LogP contribution in [0.1, 0.15) is 11.1 Å². The van der Waals surface area contributed by atoms with E-state index in [0.717, 1.165) is 22.7 Å². The van der Waals surface area contributed by atoms with Gasteiger partial charge in [-0.15, -0.1) is 0 Å². The first-order chi connectivity index (χ1) is 12.7. The molecule has 0 bridgehead atoms. The van der Waals surface area contributed by atoms with Gasteiger partial charge in [0.2, 0.25) is 0 Å². The van der Waals surface area contributed by atoms with E-state index >= 15 is 0 Å². The van der Waals surface area contributed by atoms with E-state index in [2.05, 4.69) is 15.3 Å². The molecule has 130 valence electrons. The predicted molar refractivity (Wildman–Crippen MR) is 98.1 cm³/mol. The summed E-state index contributed by atoms with van der Waals surface area (Å²) in [6, 6.07) is 9.14. The lowest BCUT2D eigenvalue weighted by Crippen LogP contribution is -2.28. The van der Waals surface area contributed by atoms with Crippen molar-refractivity contribution in [3.05, 3.63) is 77.0 Å². The number of ether oxygens (including phenoxy) is 1. The summed E-state index contributed by atoms with van der Waals surface area (Å²) in [7, 11) is 0. The normalized spacial score (nSPS) is 12.7. The van der Waals surface area contributed by atoms with Crippen LogP contribution in [0.2, 0.25) is 5.02 Å². The molecule has 4 rings (SSSR count). The van der Waals surface area contributed by atoms with E-state index < -0.39 is 0 Å². The highest BCUT2D eigenvalue weighted by atomic mass is 35.5. The average Bonchev–Trinajstić information content (AvgIpc) is 3.20. The minimum atomic E-state index is -0.172. The fourth-order valence-electron chi connectivity index (χ4n) is 2.64. The van der Waals surface area contributed by atoms with Crippen molar-refractivity contribution >= 4 is 23.6 Å². The Hall–Kier alpha value is -3.12. The highest BCUT2D eigenvalue weighted by Gasteiger charge is 2.17. The second kappa shape index (κ2) is 7.01. The van der Waals surface area contributed by atoms with Crippen molar-refractivity contribution in [1.82, 2.24) is 19.9 Å². The number of fused-ring (bicyclic) bond motifs is 1. The lowest BCUT2D eigenvalue weighted by atomic mass is 10.1. The van der Waals surface area contributed by atoms with Crippen molar-refractivity contribution in [1.29, 1.82) is 0 Å². The molecule has 0 saturated carbocycles. The summed E-state index contributed by atoms with van der Waals surface area (Å²) in [4.78, 5) is 20.8. The molecule has 1 aliphatic rings. The molecule has 3 heterocycles. The van der Waals surface area contributed by atoms with Gasteiger partial charge in [0.05, 0.1) is 5.57 Å². The van der Waals surface area contributed by atoms with Crippen LogP contribution in [0.4, 0.5) is 0 Å². The Morgan fingerprint density at radius 1 is 1.31 bits per heavy atom. The van der Waals surface area contributed by atoms with E-state index in [1.165, 1.54) is 0 Å². The topological polar surface area (TPSA) is 69.0 Å². The highest BCUT2D eigenvalue weighted by molar-refractivity contribution is 6.30. The van der Waals surface area contributed by atoms with Crippen LogP contribution in [0.3, 0.4) is 0 Å². The van der Waals surface area contributed by atoms with Crippen molar-refractivity contribution in [2.75, 3.05) is 6.61 Å². The van der Waals surface area contributed by atoms with Crippen molar-refractivity contribution in [2.45, 2.75) is 6.54 Å². The summed E-state index contributed by atoms with van der Waals surface area (Å²) < 4.78 is 7.43. The number of carbonyl (C=O) groups is 1. The van der Waals surface area contributed by atoms with Gasteiger partial charge < -0.3 is 10.1 Å². The third-order valence-electron chi connectivity index (χ3n) is 4.01. The van der Waals surface area contributed by atoms with Gasteiger partial charge >= 0.3 is 0 Å². The van der Waals surface area contributed by atoms with Crippen LogP contribution < -0.4 is 10.1 Å². The van der Waals surface area contributed by atoms with E-state index in [9.17, 15) is 4.79 Å². The molecule has 2 aromatic heterocycles. The summed E-state index contributed by atoms with van der Waals surface area (Å²) in [5.74, 6) is 1.33. The zero-order chi connectivity index (χ0) is 17.9. The summed E-state index contributed by atoms with van der Waals surface area (Å²) in [6.07, 6.45) is 8.74. The molecule has 1 aromatic carbocycles. The molecule has 26 heavy (non-hydrogen) atoms. The molecule has 0 unspecified atom stereocenters. The number of hydrogen-bond donors (Lipinski definition) is 1. The molecule has 0 aliphatic carbocycles. The fourth-order valence-corrected chi connectivity index (χ4v) is 2.82. The van der Waals surface area contributed by atoms with Gasteiger partial charge in [0.25, 0.3) is 5.91 Å². The van der Waals surface area contributed by atoms with Crippen LogP contribution in [0, 0.1) is 0 Å². The van der Waals surface area contributed by atoms with Crippen LogP contribution in [0.25, 0.3) is 11.9 Å². The van der Waals surface area contributed by atoms with Crippen molar-refractivity contribution in [3.63, 3.8) is 0 Å². The van der Waals surface area contributed by atoms with Gasteiger partial charge in [0, 0.05) is 35.7 Å². The second-order valence-corrected chi connectivity index (χ2v) is 6.25. The number of hydrogen-bond acceptors (Lipinski definition) is 4. The Labute approximate surface area is 155 Å². The van der Waals surface area contributed by atoms with E-state index in [-0.39, 0.29) is 12.5 Å². The first kappa shape index (κ1) is 16.4. The molecule has 0 radical (unpaired) electrons. The van der Waals surface area contributed by atoms with E-state index in [1.54, 1.807) is 43.0 Å². The summed E-state index contributed by atoms with van der Waals surface area (Å²) in [5, 5.41) is 3.49. The summed E-state index contributed by atoms with van der Waals surface area (Å²) in [6.45, 7) is 0.619. The molecule has 7 heteroatoms. The molecule has 3 aromatic rings. The molecule has 1 aliphatic heterocycles. The third-order valence-corrected chi connectivity index (χ3v) is 4.24. The smallest absolute Gasteiger partial charge is 0.250 e.